The molecule has 0 aliphatic carbocycles. The van der Waals surface area contributed by atoms with Gasteiger partial charge in [-0.2, -0.15) is 0 Å². The lowest BCUT2D eigenvalue weighted by Gasteiger charge is -2.24. The molecule has 28 heavy (non-hydrogen) atoms. The second-order valence-electron chi connectivity index (χ2n) is 6.71. The van der Waals surface area contributed by atoms with E-state index in [-0.39, 0.29) is 0 Å². The predicted octanol–water partition coefficient (Wildman–Crippen LogP) is 4.07. The molecule has 0 saturated heterocycles. The van der Waals surface area contributed by atoms with Crippen molar-refractivity contribution < 1.29 is 14.2 Å². The van der Waals surface area contributed by atoms with Crippen molar-refractivity contribution in [2.24, 2.45) is 0 Å². The molecule has 0 atom stereocenters. The fraction of sp³-hybridized carbons (Fsp3) is 0.478. The van der Waals surface area contributed by atoms with Crippen LogP contribution in [0.5, 0.6) is 11.5 Å². The van der Waals surface area contributed by atoms with Crippen LogP contribution in [0.1, 0.15) is 19.4 Å². The lowest BCUT2D eigenvalue weighted by Crippen LogP contribution is -2.27. The van der Waals surface area contributed by atoms with Gasteiger partial charge in [-0.25, -0.2) is 0 Å². The van der Waals surface area contributed by atoms with E-state index in [1.54, 1.807) is 7.11 Å². The molecule has 2 aromatic rings. The minimum Gasteiger partial charge on any atom is -0.497 e. The van der Waals surface area contributed by atoms with Gasteiger partial charge < -0.3 is 24.0 Å². The molecule has 0 aromatic heterocycles. The maximum absolute atomic E-state index is 5.87. The maximum Gasteiger partial charge on any atom is 0.120 e. The van der Waals surface area contributed by atoms with Crippen molar-refractivity contribution in [2.75, 3.05) is 58.5 Å². The molecule has 0 radical (unpaired) electrons. The third-order valence-electron chi connectivity index (χ3n) is 4.66. The summed E-state index contributed by atoms with van der Waals surface area (Å²) in [5, 5.41) is 0. The first-order valence-corrected chi connectivity index (χ1v) is 10.0. The van der Waals surface area contributed by atoms with E-state index in [4.69, 9.17) is 14.2 Å². The van der Waals surface area contributed by atoms with Gasteiger partial charge in [-0.05, 0) is 50.7 Å². The first-order valence-electron chi connectivity index (χ1n) is 10.0. The SMILES string of the molecule is CCOCCN(C)CCOc1ccc(CN(CC)c2cccc(OC)c2)cc1. The smallest absolute Gasteiger partial charge is 0.120 e. The number of ether oxygens (including phenoxy) is 3. The van der Waals surface area contributed by atoms with E-state index >= 15 is 0 Å². The van der Waals surface area contributed by atoms with Crippen molar-refractivity contribution in [1.82, 2.24) is 4.90 Å². The molecule has 0 aliphatic rings. The van der Waals surface area contributed by atoms with Gasteiger partial charge in [0, 0.05) is 44.5 Å². The summed E-state index contributed by atoms with van der Waals surface area (Å²) in [6.07, 6.45) is 0. The second-order valence-corrected chi connectivity index (χ2v) is 6.71. The van der Waals surface area contributed by atoms with Gasteiger partial charge in [-0.3, -0.25) is 0 Å². The average molecular weight is 387 g/mol. The standard InChI is InChI=1S/C23H34N2O3/c1-5-25(21-8-7-9-23(18-21)26-4)19-20-10-12-22(13-11-20)28-17-15-24(3)14-16-27-6-2/h7-13,18H,5-6,14-17,19H2,1-4H3. The van der Waals surface area contributed by atoms with Crippen molar-refractivity contribution in [1.29, 1.82) is 0 Å². The highest BCUT2D eigenvalue weighted by Gasteiger charge is 2.07. The topological polar surface area (TPSA) is 34.2 Å². The fourth-order valence-electron chi connectivity index (χ4n) is 2.90. The Morgan fingerprint density at radius 3 is 2.32 bits per heavy atom. The van der Waals surface area contributed by atoms with E-state index in [1.165, 1.54) is 5.56 Å². The summed E-state index contributed by atoms with van der Waals surface area (Å²) in [6, 6.07) is 16.6. The minimum atomic E-state index is 0.673. The number of nitrogens with zero attached hydrogens (tertiary/aromatic N) is 2. The molecular weight excluding hydrogens is 352 g/mol. The Kier molecular flexibility index (Phi) is 9.66. The van der Waals surface area contributed by atoms with E-state index in [9.17, 15) is 0 Å². The predicted molar refractivity (Wildman–Crippen MR) is 116 cm³/mol. The lowest BCUT2D eigenvalue weighted by atomic mass is 10.2. The van der Waals surface area contributed by atoms with E-state index in [0.29, 0.717) is 6.61 Å². The van der Waals surface area contributed by atoms with Gasteiger partial charge in [0.05, 0.1) is 13.7 Å². The van der Waals surface area contributed by atoms with Crippen molar-refractivity contribution in [3.63, 3.8) is 0 Å². The normalized spacial score (nSPS) is 10.9. The Hall–Kier alpha value is -2.24. The Morgan fingerprint density at radius 1 is 0.893 bits per heavy atom. The van der Waals surface area contributed by atoms with Gasteiger partial charge in [0.25, 0.3) is 0 Å². The van der Waals surface area contributed by atoms with Crippen LogP contribution >= 0.6 is 0 Å². The van der Waals surface area contributed by atoms with Crippen LogP contribution in [0.25, 0.3) is 0 Å². The summed E-state index contributed by atoms with van der Waals surface area (Å²) >= 11 is 0. The van der Waals surface area contributed by atoms with Crippen molar-refractivity contribution in [2.45, 2.75) is 20.4 Å². The molecule has 0 unspecified atom stereocenters. The van der Waals surface area contributed by atoms with Crippen LogP contribution in [-0.2, 0) is 11.3 Å². The zero-order valence-corrected chi connectivity index (χ0v) is 17.7. The number of rotatable bonds is 13. The highest BCUT2D eigenvalue weighted by Crippen LogP contribution is 2.23. The molecule has 0 spiro atoms. The minimum absolute atomic E-state index is 0.673. The van der Waals surface area contributed by atoms with Crippen molar-refractivity contribution in [3.05, 3.63) is 54.1 Å². The summed E-state index contributed by atoms with van der Waals surface area (Å²) in [5.41, 5.74) is 2.42. The number of methoxy groups -OCH3 is 1. The molecule has 0 aliphatic heterocycles. The maximum atomic E-state index is 5.87. The molecule has 0 bridgehead atoms. The molecule has 2 aromatic carbocycles. The van der Waals surface area contributed by atoms with Crippen molar-refractivity contribution >= 4 is 5.69 Å². The number of anilines is 1. The molecule has 0 N–H and O–H groups in total. The lowest BCUT2D eigenvalue weighted by molar-refractivity contribution is 0.116. The van der Waals surface area contributed by atoms with Crippen LogP contribution < -0.4 is 14.4 Å². The molecular formula is C23H34N2O3. The Labute approximate surface area is 169 Å². The van der Waals surface area contributed by atoms with E-state index in [0.717, 1.165) is 56.6 Å². The van der Waals surface area contributed by atoms with Crippen LogP contribution in [0, 0.1) is 0 Å². The van der Waals surface area contributed by atoms with E-state index in [1.807, 2.05) is 19.1 Å². The Bertz CT molecular complexity index is 676. The largest absolute Gasteiger partial charge is 0.497 e. The van der Waals surface area contributed by atoms with Gasteiger partial charge in [0.1, 0.15) is 18.1 Å². The van der Waals surface area contributed by atoms with E-state index < -0.39 is 0 Å². The van der Waals surface area contributed by atoms with Crippen LogP contribution in [0.4, 0.5) is 5.69 Å². The number of hydrogen-bond donors (Lipinski definition) is 0. The van der Waals surface area contributed by atoms with Crippen LogP contribution in [-0.4, -0.2) is 58.5 Å². The molecule has 154 valence electrons. The van der Waals surface area contributed by atoms with Gasteiger partial charge in [-0.15, -0.1) is 0 Å². The number of likely N-dealkylation sites (N-methyl/N-ethyl adjacent to an activating group) is 1. The summed E-state index contributed by atoms with van der Waals surface area (Å²) < 4.78 is 16.6. The fourth-order valence-corrected chi connectivity index (χ4v) is 2.90. The van der Waals surface area contributed by atoms with Crippen molar-refractivity contribution in [3.8, 4) is 11.5 Å². The zero-order valence-electron chi connectivity index (χ0n) is 17.7. The molecule has 0 saturated carbocycles. The summed E-state index contributed by atoms with van der Waals surface area (Å²) in [7, 11) is 3.79. The summed E-state index contributed by atoms with van der Waals surface area (Å²) in [5.74, 6) is 1.79. The first-order chi connectivity index (χ1) is 13.7. The summed E-state index contributed by atoms with van der Waals surface area (Å²) in [4.78, 5) is 4.54. The van der Waals surface area contributed by atoms with Crippen LogP contribution in [0.15, 0.2) is 48.5 Å². The molecule has 5 nitrogen and oxygen atoms in total. The monoisotopic (exact) mass is 386 g/mol. The Balaban J connectivity index is 1.82. The van der Waals surface area contributed by atoms with Crippen LogP contribution in [0.2, 0.25) is 0 Å². The number of benzene rings is 2. The molecule has 0 fully saturated rings. The third-order valence-corrected chi connectivity index (χ3v) is 4.66. The average Bonchev–Trinajstić information content (AvgIpc) is 2.73. The first kappa shape index (κ1) is 22.1. The molecule has 0 amide bonds. The highest BCUT2D eigenvalue weighted by atomic mass is 16.5. The summed E-state index contributed by atoms with van der Waals surface area (Å²) in [6.45, 7) is 9.98. The highest BCUT2D eigenvalue weighted by molar-refractivity contribution is 5.51. The Morgan fingerprint density at radius 2 is 1.64 bits per heavy atom. The van der Waals surface area contributed by atoms with Gasteiger partial charge in [0.15, 0.2) is 0 Å². The molecule has 2 rings (SSSR count). The second kappa shape index (κ2) is 12.3. The third kappa shape index (κ3) is 7.41. The quantitative estimate of drug-likeness (QED) is 0.485. The van der Waals surface area contributed by atoms with Gasteiger partial charge in [-0.1, -0.05) is 18.2 Å². The molecule has 5 heteroatoms. The number of hydrogen-bond acceptors (Lipinski definition) is 5. The van der Waals surface area contributed by atoms with E-state index in [2.05, 4.69) is 60.2 Å². The van der Waals surface area contributed by atoms with Gasteiger partial charge in [0.2, 0.25) is 0 Å². The molecule has 0 heterocycles. The van der Waals surface area contributed by atoms with Crippen LogP contribution in [0.3, 0.4) is 0 Å². The van der Waals surface area contributed by atoms with Gasteiger partial charge >= 0.3 is 0 Å². The zero-order chi connectivity index (χ0) is 20.2.